The fourth-order valence-electron chi connectivity index (χ4n) is 2.68. The normalized spacial score (nSPS) is 21.2. The van der Waals surface area contributed by atoms with Crippen molar-refractivity contribution in [2.24, 2.45) is 0 Å². The average molecular weight is 331 g/mol. The molecule has 0 saturated carbocycles. The predicted octanol–water partition coefficient (Wildman–Crippen LogP) is 2.91. The fourth-order valence-corrected chi connectivity index (χ4v) is 2.68. The van der Waals surface area contributed by atoms with Gasteiger partial charge in [-0.05, 0) is 33.8 Å². The van der Waals surface area contributed by atoms with E-state index in [0.29, 0.717) is 18.7 Å². The van der Waals surface area contributed by atoms with Gasteiger partial charge in [0.1, 0.15) is 23.7 Å². The van der Waals surface area contributed by atoms with Gasteiger partial charge in [-0.1, -0.05) is 12.1 Å². The Morgan fingerprint density at radius 3 is 2.96 bits per heavy atom. The number of ether oxygens (including phenoxy) is 2. The second-order valence-corrected chi connectivity index (χ2v) is 6.95. The number of nitrogens with one attached hydrogen (secondary N) is 1. The van der Waals surface area contributed by atoms with Crippen LogP contribution in [0.25, 0.3) is 5.76 Å². The van der Waals surface area contributed by atoms with Crippen LogP contribution in [0.3, 0.4) is 0 Å². The standard InChI is InChI=1S/C17H22BNO5/c1-11-10-21-14-7-5-6-12-13(14)8-18(23-11)24-15(12)9-19-16(20)22-17(2,3)4/h5-7,9,11H,8,10H2,1-4H3,(H,19,20)/b15-9-. The number of carbonyl (C=O) groups excluding carboxylic acids is 1. The summed E-state index contributed by atoms with van der Waals surface area (Å²) < 4.78 is 22.8. The first-order chi connectivity index (χ1) is 11.3. The van der Waals surface area contributed by atoms with E-state index in [2.05, 4.69) is 5.32 Å². The molecule has 24 heavy (non-hydrogen) atoms. The van der Waals surface area contributed by atoms with Crippen LogP contribution in [0.4, 0.5) is 4.79 Å². The zero-order valence-electron chi connectivity index (χ0n) is 14.4. The Morgan fingerprint density at radius 2 is 2.21 bits per heavy atom. The topological polar surface area (TPSA) is 66.0 Å². The van der Waals surface area contributed by atoms with Crippen LogP contribution in [0.5, 0.6) is 5.75 Å². The molecule has 1 aromatic carbocycles. The quantitative estimate of drug-likeness (QED) is 0.802. The Balaban J connectivity index is 1.86. The van der Waals surface area contributed by atoms with Crippen molar-refractivity contribution in [3.8, 4) is 5.75 Å². The molecule has 1 N–H and O–H groups in total. The van der Waals surface area contributed by atoms with E-state index in [1.165, 1.54) is 6.20 Å². The molecule has 2 aliphatic rings. The third-order valence-corrected chi connectivity index (χ3v) is 3.61. The highest BCUT2D eigenvalue weighted by Crippen LogP contribution is 2.35. The minimum atomic E-state index is -0.559. The Bertz CT molecular complexity index is 667. The summed E-state index contributed by atoms with van der Waals surface area (Å²) in [5.74, 6) is 1.37. The van der Waals surface area contributed by atoms with Crippen LogP contribution < -0.4 is 10.1 Å². The molecule has 2 heterocycles. The lowest BCUT2D eigenvalue weighted by Crippen LogP contribution is -2.38. The Kier molecular flexibility index (Phi) is 4.45. The monoisotopic (exact) mass is 331 g/mol. The molecule has 1 atom stereocenters. The molecule has 7 heteroatoms. The third kappa shape index (κ3) is 3.84. The summed E-state index contributed by atoms with van der Waals surface area (Å²) in [5.41, 5.74) is 1.35. The van der Waals surface area contributed by atoms with E-state index in [-0.39, 0.29) is 6.10 Å². The van der Waals surface area contributed by atoms with Crippen molar-refractivity contribution in [2.75, 3.05) is 6.61 Å². The molecule has 1 unspecified atom stereocenters. The van der Waals surface area contributed by atoms with Crippen LogP contribution in [0.1, 0.15) is 38.8 Å². The first-order valence-corrected chi connectivity index (χ1v) is 8.09. The van der Waals surface area contributed by atoms with Gasteiger partial charge in [-0.15, -0.1) is 0 Å². The zero-order valence-corrected chi connectivity index (χ0v) is 14.4. The maximum absolute atomic E-state index is 11.9. The number of rotatable bonds is 1. The molecule has 2 aliphatic heterocycles. The van der Waals surface area contributed by atoms with Gasteiger partial charge in [0.25, 0.3) is 0 Å². The Labute approximate surface area is 142 Å². The van der Waals surface area contributed by atoms with E-state index in [1.54, 1.807) is 0 Å². The molecule has 128 valence electrons. The third-order valence-electron chi connectivity index (χ3n) is 3.61. The maximum atomic E-state index is 11.9. The van der Waals surface area contributed by atoms with Gasteiger partial charge in [-0.3, -0.25) is 5.32 Å². The van der Waals surface area contributed by atoms with E-state index in [9.17, 15) is 4.79 Å². The van der Waals surface area contributed by atoms with Gasteiger partial charge < -0.3 is 18.8 Å². The lowest BCUT2D eigenvalue weighted by atomic mass is 9.74. The van der Waals surface area contributed by atoms with Gasteiger partial charge in [0.2, 0.25) is 0 Å². The fraction of sp³-hybridized carbons (Fsp3) is 0.471. The number of fused-ring (bicyclic) bond motifs is 1. The first-order valence-electron chi connectivity index (χ1n) is 8.09. The van der Waals surface area contributed by atoms with Crippen molar-refractivity contribution in [1.29, 1.82) is 0 Å². The second-order valence-electron chi connectivity index (χ2n) is 6.95. The molecule has 3 rings (SSSR count). The molecule has 0 aliphatic carbocycles. The van der Waals surface area contributed by atoms with E-state index in [4.69, 9.17) is 18.8 Å². The summed E-state index contributed by atoms with van der Waals surface area (Å²) in [4.78, 5) is 11.9. The molecule has 2 bridgehead atoms. The number of amides is 1. The van der Waals surface area contributed by atoms with Crippen LogP contribution in [-0.2, 0) is 20.4 Å². The van der Waals surface area contributed by atoms with E-state index < -0.39 is 18.8 Å². The molecule has 6 nitrogen and oxygen atoms in total. The van der Waals surface area contributed by atoms with Gasteiger partial charge in [0, 0.05) is 23.6 Å². The number of alkyl carbamates (subject to hydrolysis) is 1. The van der Waals surface area contributed by atoms with Crippen LogP contribution in [0.2, 0.25) is 0 Å². The average Bonchev–Trinajstić information content (AvgIpc) is 2.47. The van der Waals surface area contributed by atoms with Gasteiger partial charge in [-0.2, -0.15) is 0 Å². The summed E-state index contributed by atoms with van der Waals surface area (Å²) in [6.07, 6.45) is 1.51. The predicted molar refractivity (Wildman–Crippen MR) is 90.4 cm³/mol. The van der Waals surface area contributed by atoms with Crippen molar-refractivity contribution < 1.29 is 23.6 Å². The second kappa shape index (κ2) is 6.40. The highest BCUT2D eigenvalue weighted by Gasteiger charge is 2.35. The molecule has 0 saturated heterocycles. The van der Waals surface area contributed by atoms with Gasteiger partial charge in [0.05, 0.1) is 6.10 Å². The summed E-state index contributed by atoms with van der Waals surface area (Å²) in [7, 11) is -0.399. The maximum Gasteiger partial charge on any atom is 0.530 e. The van der Waals surface area contributed by atoms with Crippen LogP contribution in [-0.4, -0.2) is 31.5 Å². The van der Waals surface area contributed by atoms with Crippen molar-refractivity contribution in [3.05, 3.63) is 35.5 Å². The highest BCUT2D eigenvalue weighted by molar-refractivity contribution is 6.46. The van der Waals surface area contributed by atoms with Crippen molar-refractivity contribution in [2.45, 2.75) is 45.7 Å². The SMILES string of the molecule is CC1COc2cccc3c2CB(O/C3=C\NC(=O)OC(C)(C)C)O1. The Morgan fingerprint density at radius 1 is 1.42 bits per heavy atom. The Hall–Kier alpha value is -2.15. The minimum absolute atomic E-state index is 0.0787. The molecule has 0 fully saturated rings. The van der Waals surface area contributed by atoms with Crippen molar-refractivity contribution in [3.63, 3.8) is 0 Å². The largest absolute Gasteiger partial charge is 0.534 e. The van der Waals surface area contributed by atoms with Crippen LogP contribution in [0, 0.1) is 0 Å². The molecule has 1 amide bonds. The summed E-state index contributed by atoms with van der Waals surface area (Å²) in [5, 5.41) is 2.62. The molecule has 0 spiro atoms. The van der Waals surface area contributed by atoms with Crippen LogP contribution >= 0.6 is 0 Å². The summed E-state index contributed by atoms with van der Waals surface area (Å²) in [6, 6.07) is 5.79. The lowest BCUT2D eigenvalue weighted by molar-refractivity contribution is 0.0551. The summed E-state index contributed by atoms with van der Waals surface area (Å²) in [6.45, 7) is 7.85. The zero-order chi connectivity index (χ0) is 17.3. The highest BCUT2D eigenvalue weighted by atomic mass is 16.6. The molecular weight excluding hydrogens is 309 g/mol. The van der Waals surface area contributed by atoms with Gasteiger partial charge in [-0.25, -0.2) is 4.79 Å². The smallest absolute Gasteiger partial charge is 0.530 e. The number of hydrogen-bond donors (Lipinski definition) is 1. The molecular formula is C17H22BNO5. The minimum Gasteiger partial charge on any atom is -0.534 e. The number of hydrogen-bond acceptors (Lipinski definition) is 5. The van der Waals surface area contributed by atoms with Gasteiger partial charge >= 0.3 is 13.2 Å². The first kappa shape index (κ1) is 16.7. The van der Waals surface area contributed by atoms with Crippen LogP contribution in [0.15, 0.2) is 24.4 Å². The van der Waals surface area contributed by atoms with Crippen molar-refractivity contribution >= 4 is 19.0 Å². The number of benzene rings is 1. The van der Waals surface area contributed by atoms with Crippen molar-refractivity contribution in [1.82, 2.24) is 5.32 Å². The number of carbonyl (C=O) groups is 1. The van der Waals surface area contributed by atoms with E-state index in [1.807, 2.05) is 45.9 Å². The molecule has 0 aromatic heterocycles. The van der Waals surface area contributed by atoms with Gasteiger partial charge in [0.15, 0.2) is 0 Å². The molecule has 0 radical (unpaired) electrons. The molecule has 1 aromatic rings. The summed E-state index contributed by atoms with van der Waals surface area (Å²) >= 11 is 0. The van der Waals surface area contributed by atoms with E-state index in [0.717, 1.165) is 16.9 Å². The van der Waals surface area contributed by atoms with E-state index >= 15 is 0 Å². The lowest BCUT2D eigenvalue weighted by Gasteiger charge is -2.31.